The van der Waals surface area contributed by atoms with Gasteiger partial charge in [0, 0.05) is 6.54 Å². The Balaban J connectivity index is 2.60. The number of rotatable bonds is 5. The van der Waals surface area contributed by atoms with E-state index in [0.29, 0.717) is 17.8 Å². The topological polar surface area (TPSA) is 64.9 Å². The molecule has 1 aromatic carbocycles. The van der Waals surface area contributed by atoms with Crippen LogP contribution in [0.4, 0.5) is 5.69 Å². The lowest BCUT2D eigenvalue weighted by atomic mass is 10.1. The van der Waals surface area contributed by atoms with E-state index >= 15 is 0 Å². The van der Waals surface area contributed by atoms with Crippen LogP contribution in [0.1, 0.15) is 24.5 Å². The maximum Gasteiger partial charge on any atom is 0.239 e. The number of nitrogens with one attached hydrogen (secondary N) is 2. The predicted molar refractivity (Wildman–Crippen MR) is 67.7 cm³/mol. The van der Waals surface area contributed by atoms with Gasteiger partial charge in [-0.1, -0.05) is 13.0 Å². The Morgan fingerprint density at radius 2 is 2.24 bits per heavy atom. The number of nitrogens with zero attached hydrogens (tertiary/aromatic N) is 1. The van der Waals surface area contributed by atoms with Crippen LogP contribution >= 0.6 is 0 Å². The van der Waals surface area contributed by atoms with Crippen LogP contribution < -0.4 is 10.6 Å². The van der Waals surface area contributed by atoms with Gasteiger partial charge in [0.25, 0.3) is 0 Å². The molecule has 0 aromatic heterocycles. The zero-order valence-corrected chi connectivity index (χ0v) is 10.2. The molecule has 4 nitrogen and oxygen atoms in total. The summed E-state index contributed by atoms with van der Waals surface area (Å²) in [5.74, 6) is -0.0581. The van der Waals surface area contributed by atoms with Gasteiger partial charge in [-0.15, -0.1) is 0 Å². The van der Waals surface area contributed by atoms with Gasteiger partial charge >= 0.3 is 0 Å². The molecule has 4 heteroatoms. The normalized spacial score (nSPS) is 9.47. The van der Waals surface area contributed by atoms with E-state index in [1.807, 2.05) is 26.0 Å². The van der Waals surface area contributed by atoms with Crippen LogP contribution in [-0.2, 0) is 4.79 Å². The lowest BCUT2D eigenvalue weighted by Crippen LogP contribution is -2.30. The van der Waals surface area contributed by atoms with Crippen molar-refractivity contribution in [1.29, 1.82) is 5.26 Å². The molecule has 0 heterocycles. The summed E-state index contributed by atoms with van der Waals surface area (Å²) in [5, 5.41) is 14.7. The minimum atomic E-state index is -0.0581. The molecule has 0 bridgehead atoms. The van der Waals surface area contributed by atoms with Gasteiger partial charge in [0.2, 0.25) is 5.91 Å². The van der Waals surface area contributed by atoms with Crippen LogP contribution in [0.3, 0.4) is 0 Å². The monoisotopic (exact) mass is 231 g/mol. The molecule has 0 aliphatic carbocycles. The average Bonchev–Trinajstić information content (AvgIpc) is 2.34. The molecule has 17 heavy (non-hydrogen) atoms. The molecule has 0 aliphatic rings. The fourth-order valence-corrected chi connectivity index (χ4v) is 1.40. The minimum Gasteiger partial charge on any atom is -0.375 e. The molecular formula is C13H17N3O. The lowest BCUT2D eigenvalue weighted by molar-refractivity contribution is -0.119. The molecule has 0 fully saturated rings. The molecule has 0 aliphatic heterocycles. The number of carbonyl (C=O) groups excluding carboxylic acids is 1. The molecule has 1 amide bonds. The number of anilines is 1. The summed E-state index contributed by atoms with van der Waals surface area (Å²) < 4.78 is 0. The van der Waals surface area contributed by atoms with Crippen molar-refractivity contribution >= 4 is 11.6 Å². The Bertz CT molecular complexity index is 435. The van der Waals surface area contributed by atoms with Gasteiger partial charge in [-0.25, -0.2) is 0 Å². The van der Waals surface area contributed by atoms with Crippen LogP contribution in [0, 0.1) is 18.3 Å². The smallest absolute Gasteiger partial charge is 0.239 e. The number of amides is 1. The lowest BCUT2D eigenvalue weighted by Gasteiger charge is -2.09. The number of hydrogen-bond acceptors (Lipinski definition) is 3. The Hall–Kier alpha value is -2.02. The van der Waals surface area contributed by atoms with Crippen LogP contribution in [0.15, 0.2) is 18.2 Å². The number of carbonyl (C=O) groups is 1. The molecule has 0 atom stereocenters. The van der Waals surface area contributed by atoms with E-state index in [9.17, 15) is 4.79 Å². The Labute approximate surface area is 102 Å². The molecule has 0 radical (unpaired) electrons. The van der Waals surface area contributed by atoms with Gasteiger partial charge in [0.15, 0.2) is 0 Å². The first-order chi connectivity index (χ1) is 8.17. The van der Waals surface area contributed by atoms with E-state index in [-0.39, 0.29) is 12.5 Å². The van der Waals surface area contributed by atoms with Gasteiger partial charge in [-0.3, -0.25) is 4.79 Å². The average molecular weight is 231 g/mol. The second-order valence-corrected chi connectivity index (χ2v) is 3.86. The third-order valence-corrected chi connectivity index (χ3v) is 2.31. The summed E-state index contributed by atoms with van der Waals surface area (Å²) in [7, 11) is 0. The number of benzene rings is 1. The van der Waals surface area contributed by atoms with Crippen LogP contribution in [0.25, 0.3) is 0 Å². The molecule has 0 saturated heterocycles. The van der Waals surface area contributed by atoms with Gasteiger partial charge in [0.05, 0.1) is 17.8 Å². The van der Waals surface area contributed by atoms with E-state index in [2.05, 4.69) is 16.7 Å². The zero-order chi connectivity index (χ0) is 12.7. The highest BCUT2D eigenvalue weighted by Gasteiger charge is 2.04. The second kappa shape index (κ2) is 6.54. The van der Waals surface area contributed by atoms with Crippen molar-refractivity contribution in [3.8, 4) is 6.07 Å². The third-order valence-electron chi connectivity index (χ3n) is 2.31. The van der Waals surface area contributed by atoms with E-state index in [1.165, 1.54) is 0 Å². The molecule has 0 unspecified atom stereocenters. The summed E-state index contributed by atoms with van der Waals surface area (Å²) in [6, 6.07) is 7.59. The number of nitriles is 1. The summed E-state index contributed by atoms with van der Waals surface area (Å²) in [6.07, 6.45) is 0.916. The fourth-order valence-electron chi connectivity index (χ4n) is 1.40. The van der Waals surface area contributed by atoms with Crippen molar-refractivity contribution in [2.45, 2.75) is 20.3 Å². The molecular weight excluding hydrogens is 214 g/mol. The maximum atomic E-state index is 11.4. The molecule has 1 aromatic rings. The standard InChI is InChI=1S/C13H17N3O/c1-3-6-15-13(17)9-16-12-7-10(2)4-5-11(12)8-14/h4-5,7,16H,3,6,9H2,1-2H3,(H,15,17). The second-order valence-electron chi connectivity index (χ2n) is 3.86. The summed E-state index contributed by atoms with van der Waals surface area (Å²) in [5.41, 5.74) is 2.32. The quantitative estimate of drug-likeness (QED) is 0.812. The van der Waals surface area contributed by atoms with Gasteiger partial charge in [0.1, 0.15) is 6.07 Å². The van der Waals surface area contributed by atoms with Crippen molar-refractivity contribution in [1.82, 2.24) is 5.32 Å². The third kappa shape index (κ3) is 4.15. The molecule has 2 N–H and O–H groups in total. The van der Waals surface area contributed by atoms with E-state index in [1.54, 1.807) is 6.07 Å². The van der Waals surface area contributed by atoms with Crippen LogP contribution in [0.2, 0.25) is 0 Å². The van der Waals surface area contributed by atoms with Crippen molar-refractivity contribution in [3.05, 3.63) is 29.3 Å². The SMILES string of the molecule is CCCNC(=O)CNc1cc(C)ccc1C#N. The first-order valence-electron chi connectivity index (χ1n) is 5.68. The maximum absolute atomic E-state index is 11.4. The highest BCUT2D eigenvalue weighted by atomic mass is 16.1. The Morgan fingerprint density at radius 3 is 2.88 bits per heavy atom. The van der Waals surface area contributed by atoms with E-state index in [0.717, 1.165) is 12.0 Å². The minimum absolute atomic E-state index is 0.0581. The van der Waals surface area contributed by atoms with Crippen LogP contribution in [-0.4, -0.2) is 19.0 Å². The number of aryl methyl sites for hydroxylation is 1. The summed E-state index contributed by atoms with van der Waals surface area (Å²) in [6.45, 7) is 4.82. The molecule has 90 valence electrons. The highest BCUT2D eigenvalue weighted by molar-refractivity contribution is 5.81. The summed E-state index contributed by atoms with van der Waals surface area (Å²) >= 11 is 0. The Kier molecular flexibility index (Phi) is 5.02. The van der Waals surface area contributed by atoms with Gasteiger partial charge in [-0.2, -0.15) is 5.26 Å². The first-order valence-corrected chi connectivity index (χ1v) is 5.68. The highest BCUT2D eigenvalue weighted by Crippen LogP contribution is 2.15. The zero-order valence-electron chi connectivity index (χ0n) is 10.2. The van der Waals surface area contributed by atoms with Crippen molar-refractivity contribution in [2.24, 2.45) is 0 Å². The van der Waals surface area contributed by atoms with E-state index < -0.39 is 0 Å². The molecule has 1 rings (SSSR count). The number of hydrogen-bond donors (Lipinski definition) is 2. The predicted octanol–water partition coefficient (Wildman–Crippen LogP) is 1.80. The fraction of sp³-hybridized carbons (Fsp3) is 0.385. The van der Waals surface area contributed by atoms with Crippen LogP contribution in [0.5, 0.6) is 0 Å². The van der Waals surface area contributed by atoms with E-state index in [4.69, 9.17) is 5.26 Å². The van der Waals surface area contributed by atoms with Crippen molar-refractivity contribution in [3.63, 3.8) is 0 Å². The molecule has 0 spiro atoms. The van der Waals surface area contributed by atoms with Gasteiger partial charge in [-0.05, 0) is 31.0 Å². The van der Waals surface area contributed by atoms with Gasteiger partial charge < -0.3 is 10.6 Å². The first kappa shape index (κ1) is 13.0. The van der Waals surface area contributed by atoms with Crippen molar-refractivity contribution in [2.75, 3.05) is 18.4 Å². The Morgan fingerprint density at radius 1 is 1.47 bits per heavy atom. The van der Waals surface area contributed by atoms with Crippen molar-refractivity contribution < 1.29 is 4.79 Å². The summed E-state index contributed by atoms with van der Waals surface area (Å²) in [4.78, 5) is 11.4. The largest absolute Gasteiger partial charge is 0.375 e. The molecule has 0 saturated carbocycles.